The van der Waals surface area contributed by atoms with E-state index in [-0.39, 0.29) is 66.7 Å². The van der Waals surface area contributed by atoms with Crippen molar-refractivity contribution in [1.29, 1.82) is 0 Å². The third-order valence-electron chi connectivity index (χ3n) is 6.83. The molecule has 13 heteroatoms. The molecule has 1 saturated carbocycles. The average Bonchev–Trinajstić information content (AvgIpc) is 3.47. The Bertz CT molecular complexity index is 912. The van der Waals surface area contributed by atoms with Gasteiger partial charge in [-0.15, -0.1) is 0 Å². The molecule has 0 aromatic heterocycles. The van der Waals surface area contributed by atoms with Crippen molar-refractivity contribution in [1.82, 2.24) is 16.0 Å². The van der Waals surface area contributed by atoms with Gasteiger partial charge in [-0.25, -0.2) is 13.2 Å². The Labute approximate surface area is 228 Å². The van der Waals surface area contributed by atoms with E-state index in [2.05, 4.69) is 28.1 Å². The fourth-order valence-corrected chi connectivity index (χ4v) is 5.64. The molecule has 4 unspecified atom stereocenters. The fourth-order valence-electron chi connectivity index (χ4n) is 5.06. The molecule has 35 heavy (non-hydrogen) atoms. The monoisotopic (exact) mass is 523 g/mol. The maximum atomic E-state index is 13.0. The Hall–Kier alpha value is -1.18. The Morgan fingerprint density at radius 3 is 2.49 bits per heavy atom. The van der Waals surface area contributed by atoms with Gasteiger partial charge >= 0.3 is 35.7 Å². The van der Waals surface area contributed by atoms with Crippen molar-refractivity contribution in [3.63, 3.8) is 0 Å². The molecule has 2 bridgehead atoms. The number of rotatable bonds is 11. The van der Waals surface area contributed by atoms with Crippen LogP contribution in [0.15, 0.2) is 12.2 Å². The summed E-state index contributed by atoms with van der Waals surface area (Å²) in [5.74, 6) is -0.596. The number of nitrogens with one attached hydrogen (secondary N) is 3. The van der Waals surface area contributed by atoms with Gasteiger partial charge in [-0.05, 0) is 49.9 Å². The maximum absolute atomic E-state index is 13.0. The van der Waals surface area contributed by atoms with E-state index < -0.39 is 45.6 Å². The van der Waals surface area contributed by atoms with Crippen LogP contribution in [-0.4, -0.2) is 66.7 Å². The predicted molar refractivity (Wildman–Crippen MR) is 120 cm³/mol. The summed E-state index contributed by atoms with van der Waals surface area (Å²) in [6, 6.07) is -2.58. The van der Waals surface area contributed by atoms with Gasteiger partial charge in [0.15, 0.2) is 5.44 Å². The maximum Gasteiger partial charge on any atom is 1.00 e. The van der Waals surface area contributed by atoms with Gasteiger partial charge in [0.2, 0.25) is 11.8 Å². The molecule has 7 atom stereocenters. The van der Waals surface area contributed by atoms with E-state index in [1.54, 1.807) is 0 Å². The van der Waals surface area contributed by atoms with Crippen LogP contribution in [0.5, 0.6) is 0 Å². The van der Waals surface area contributed by atoms with Crippen LogP contribution in [0.1, 0.15) is 46.0 Å². The molecule has 1 aliphatic heterocycles. The Balaban J connectivity index is 0.00000432. The zero-order valence-corrected chi connectivity index (χ0v) is 23.3. The predicted octanol–water partition coefficient (Wildman–Crippen LogP) is -2.78. The molecular weight excluding hydrogens is 489 g/mol. The van der Waals surface area contributed by atoms with E-state index in [1.165, 1.54) is 0 Å². The van der Waals surface area contributed by atoms with Crippen LogP contribution in [0, 0.1) is 29.6 Å². The number of carbonyl (C=O) groups excluding carboxylic acids is 3. The van der Waals surface area contributed by atoms with Crippen LogP contribution >= 0.6 is 0 Å². The number of carbonyl (C=O) groups is 3. The van der Waals surface area contributed by atoms with Gasteiger partial charge in [-0.3, -0.25) is 9.59 Å². The fraction of sp³-hybridized carbons (Fsp3) is 0.773. The standard InChI is InChI=1S/C22H35N3O8S.Na/c1-12(2)7-17(25-22(29)33-11-16-9-13-3-4-14(16)8-13)20(27)24-18(21(28)34(30,31)32)10-15-5-6-23-19(15)26;/h3-4,12-18,21,28H,5-11H2,1-2H3,(H,23,26)(H,24,27)(H,25,29)(H,30,31,32);/q;+1/p-1/t13?,14?,15-,16?,17+,18+,21?;/m1./s1. The van der Waals surface area contributed by atoms with Crippen molar-refractivity contribution in [2.45, 2.75) is 63.5 Å². The third-order valence-corrected chi connectivity index (χ3v) is 7.75. The molecule has 0 radical (unpaired) electrons. The zero-order chi connectivity index (χ0) is 25.0. The van der Waals surface area contributed by atoms with E-state index in [4.69, 9.17) is 4.74 Å². The Kier molecular flexibility index (Phi) is 11.0. The van der Waals surface area contributed by atoms with Crippen molar-refractivity contribution in [2.24, 2.45) is 29.6 Å². The first kappa shape index (κ1) is 30.0. The number of aliphatic hydroxyl groups excluding tert-OH is 1. The summed E-state index contributed by atoms with van der Waals surface area (Å²) in [6.45, 7) is 4.30. The first-order chi connectivity index (χ1) is 15.9. The summed E-state index contributed by atoms with van der Waals surface area (Å²) < 4.78 is 39.7. The molecular formula is C22H34N3NaO8S. The summed E-state index contributed by atoms with van der Waals surface area (Å²) in [5, 5.41) is 17.6. The summed E-state index contributed by atoms with van der Waals surface area (Å²) >= 11 is 0. The van der Waals surface area contributed by atoms with Crippen LogP contribution in [0.25, 0.3) is 0 Å². The number of hydrogen-bond acceptors (Lipinski definition) is 8. The minimum absolute atomic E-state index is 0. The minimum Gasteiger partial charge on any atom is -0.746 e. The molecule has 1 heterocycles. The van der Waals surface area contributed by atoms with Crippen molar-refractivity contribution < 1.29 is 66.8 Å². The van der Waals surface area contributed by atoms with Crippen LogP contribution in [0.4, 0.5) is 4.79 Å². The smallest absolute Gasteiger partial charge is 0.746 e. The molecule has 0 spiro atoms. The molecule has 0 aromatic rings. The van der Waals surface area contributed by atoms with Gasteiger partial charge in [0, 0.05) is 18.4 Å². The van der Waals surface area contributed by atoms with Crippen LogP contribution in [0.2, 0.25) is 0 Å². The second kappa shape index (κ2) is 12.9. The SMILES string of the molecule is CC(C)C[C@H](NC(=O)OCC1CC2C=CC1C2)C(=O)N[C@@H](C[C@H]1CCNC1=O)C(O)S(=O)(=O)[O-].[Na+]. The summed E-state index contributed by atoms with van der Waals surface area (Å²) in [5.41, 5.74) is -2.43. The number of amides is 3. The number of ether oxygens (including phenoxy) is 1. The molecule has 3 amide bonds. The van der Waals surface area contributed by atoms with Crippen LogP contribution < -0.4 is 45.5 Å². The Morgan fingerprint density at radius 2 is 1.97 bits per heavy atom. The number of fused-ring (bicyclic) bond motifs is 2. The quantitative estimate of drug-likeness (QED) is 0.128. The van der Waals surface area contributed by atoms with E-state index >= 15 is 0 Å². The number of allylic oxidation sites excluding steroid dienone is 2. The molecule has 3 aliphatic rings. The topological polar surface area (TPSA) is 174 Å². The van der Waals surface area contributed by atoms with Crippen molar-refractivity contribution in [3.05, 3.63) is 12.2 Å². The van der Waals surface area contributed by atoms with Crippen LogP contribution in [0.3, 0.4) is 0 Å². The molecule has 3 rings (SSSR count). The van der Waals surface area contributed by atoms with Gasteiger partial charge in [0.1, 0.15) is 16.2 Å². The van der Waals surface area contributed by atoms with Crippen molar-refractivity contribution in [3.8, 4) is 0 Å². The van der Waals surface area contributed by atoms with Gasteiger partial charge in [-0.1, -0.05) is 26.0 Å². The summed E-state index contributed by atoms with van der Waals surface area (Å²) in [4.78, 5) is 37.3. The first-order valence-corrected chi connectivity index (χ1v) is 13.2. The minimum atomic E-state index is -5.16. The molecule has 192 valence electrons. The van der Waals surface area contributed by atoms with Crippen molar-refractivity contribution >= 4 is 28.0 Å². The van der Waals surface area contributed by atoms with Crippen molar-refractivity contribution in [2.75, 3.05) is 13.2 Å². The van der Waals surface area contributed by atoms with E-state index in [0.29, 0.717) is 24.8 Å². The molecule has 4 N–H and O–H groups in total. The van der Waals surface area contributed by atoms with Gasteiger partial charge < -0.3 is 30.3 Å². The first-order valence-electron chi connectivity index (χ1n) is 11.8. The summed E-state index contributed by atoms with van der Waals surface area (Å²) in [7, 11) is -5.16. The second-order valence-corrected chi connectivity index (χ2v) is 11.4. The average molecular weight is 524 g/mol. The Morgan fingerprint density at radius 1 is 1.26 bits per heavy atom. The van der Waals surface area contributed by atoms with E-state index in [0.717, 1.165) is 12.8 Å². The van der Waals surface area contributed by atoms with Gasteiger partial charge in [0.25, 0.3) is 0 Å². The normalized spacial score (nSPS) is 27.6. The van der Waals surface area contributed by atoms with E-state index in [1.807, 2.05) is 13.8 Å². The number of alkyl carbamates (subject to hydrolysis) is 1. The molecule has 1 saturated heterocycles. The molecule has 0 aromatic carbocycles. The zero-order valence-electron chi connectivity index (χ0n) is 20.4. The molecule has 2 fully saturated rings. The third kappa shape index (κ3) is 8.43. The number of hydrogen-bond donors (Lipinski definition) is 4. The largest absolute Gasteiger partial charge is 1.00 e. The summed E-state index contributed by atoms with van der Waals surface area (Å²) in [6.07, 6.45) is 5.97. The molecule has 11 nitrogen and oxygen atoms in total. The van der Waals surface area contributed by atoms with Gasteiger partial charge in [-0.2, -0.15) is 0 Å². The van der Waals surface area contributed by atoms with Gasteiger partial charge in [0.05, 0.1) is 12.6 Å². The number of aliphatic hydroxyl groups is 1. The van der Waals surface area contributed by atoms with E-state index in [9.17, 15) is 32.5 Å². The molecule has 2 aliphatic carbocycles. The second-order valence-electron chi connectivity index (χ2n) is 9.98. The van der Waals surface area contributed by atoms with Crippen LogP contribution in [-0.2, 0) is 24.4 Å².